The summed E-state index contributed by atoms with van der Waals surface area (Å²) in [5, 5.41) is 3.45. The average molecular weight is 255 g/mol. The van der Waals surface area contributed by atoms with Crippen molar-refractivity contribution in [2.24, 2.45) is 5.41 Å². The zero-order valence-corrected chi connectivity index (χ0v) is 12.9. The monoisotopic (exact) mass is 255 g/mol. The van der Waals surface area contributed by atoms with Crippen LogP contribution in [0.2, 0.25) is 0 Å². The molecule has 0 aromatic rings. The van der Waals surface area contributed by atoms with Crippen LogP contribution in [-0.2, 0) is 4.74 Å². The normalized spacial score (nSPS) is 26.7. The molecule has 0 saturated heterocycles. The van der Waals surface area contributed by atoms with Gasteiger partial charge in [0.15, 0.2) is 0 Å². The van der Waals surface area contributed by atoms with E-state index in [1.54, 1.807) is 0 Å². The van der Waals surface area contributed by atoms with Crippen LogP contribution in [0.3, 0.4) is 0 Å². The molecule has 0 bridgehead atoms. The van der Waals surface area contributed by atoms with Crippen LogP contribution in [0.4, 0.5) is 0 Å². The molecule has 0 spiro atoms. The molecule has 1 aliphatic rings. The topological polar surface area (TPSA) is 21.3 Å². The molecule has 1 aliphatic carbocycles. The van der Waals surface area contributed by atoms with E-state index in [0.717, 1.165) is 6.61 Å². The van der Waals surface area contributed by atoms with E-state index in [1.807, 2.05) is 0 Å². The summed E-state index contributed by atoms with van der Waals surface area (Å²) in [5.74, 6) is 0. The van der Waals surface area contributed by atoms with Crippen molar-refractivity contribution < 1.29 is 4.74 Å². The van der Waals surface area contributed by atoms with Crippen molar-refractivity contribution in [2.45, 2.75) is 84.3 Å². The standard InChI is InChI=1S/C16H33NO/c1-5-6-7-8-9-10-13-18-14-11-12-16(2,3)15(14)17-4/h14-15,17H,5-13H2,1-4H3. The van der Waals surface area contributed by atoms with Gasteiger partial charge in [-0.15, -0.1) is 0 Å². The number of nitrogens with one attached hydrogen (secondary N) is 1. The van der Waals surface area contributed by atoms with Gasteiger partial charge in [-0.3, -0.25) is 0 Å². The van der Waals surface area contributed by atoms with Crippen LogP contribution in [0.25, 0.3) is 0 Å². The van der Waals surface area contributed by atoms with Crippen molar-refractivity contribution in [3.05, 3.63) is 0 Å². The highest BCUT2D eigenvalue weighted by Crippen LogP contribution is 2.38. The van der Waals surface area contributed by atoms with Crippen LogP contribution in [-0.4, -0.2) is 25.8 Å². The van der Waals surface area contributed by atoms with Crippen LogP contribution in [0.15, 0.2) is 0 Å². The molecule has 18 heavy (non-hydrogen) atoms. The quantitative estimate of drug-likeness (QED) is 0.625. The Balaban J connectivity index is 2.09. The number of unbranched alkanes of at least 4 members (excludes halogenated alkanes) is 5. The minimum atomic E-state index is 0.389. The molecule has 0 aliphatic heterocycles. The minimum absolute atomic E-state index is 0.389. The molecule has 2 heteroatoms. The van der Waals surface area contributed by atoms with Crippen molar-refractivity contribution in [1.29, 1.82) is 0 Å². The summed E-state index contributed by atoms with van der Waals surface area (Å²) < 4.78 is 6.09. The molecule has 108 valence electrons. The summed E-state index contributed by atoms with van der Waals surface area (Å²) >= 11 is 0. The second-order valence-electron chi connectivity index (χ2n) is 6.47. The molecule has 2 nitrogen and oxygen atoms in total. The maximum absolute atomic E-state index is 6.09. The predicted octanol–water partition coefficient (Wildman–Crippen LogP) is 4.14. The van der Waals surface area contributed by atoms with E-state index in [-0.39, 0.29) is 0 Å². The van der Waals surface area contributed by atoms with Gasteiger partial charge < -0.3 is 10.1 Å². The summed E-state index contributed by atoms with van der Waals surface area (Å²) in [6.07, 6.45) is 11.0. The summed E-state index contributed by atoms with van der Waals surface area (Å²) in [4.78, 5) is 0. The first-order chi connectivity index (χ1) is 8.61. The molecular formula is C16H33NO. The summed E-state index contributed by atoms with van der Waals surface area (Å²) in [6.45, 7) is 7.92. The maximum atomic E-state index is 6.09. The molecule has 1 fully saturated rings. The largest absolute Gasteiger partial charge is 0.377 e. The highest BCUT2D eigenvalue weighted by molar-refractivity contribution is 4.96. The minimum Gasteiger partial charge on any atom is -0.377 e. The second kappa shape index (κ2) is 8.16. The van der Waals surface area contributed by atoms with Crippen molar-refractivity contribution >= 4 is 0 Å². The fourth-order valence-corrected chi connectivity index (χ4v) is 3.21. The fourth-order valence-electron chi connectivity index (χ4n) is 3.21. The predicted molar refractivity (Wildman–Crippen MR) is 79.0 cm³/mol. The first-order valence-electron chi connectivity index (χ1n) is 7.90. The summed E-state index contributed by atoms with van der Waals surface area (Å²) in [5.41, 5.74) is 0.389. The van der Waals surface area contributed by atoms with E-state index in [0.29, 0.717) is 17.6 Å². The first-order valence-corrected chi connectivity index (χ1v) is 7.90. The Bertz CT molecular complexity index is 215. The fraction of sp³-hybridized carbons (Fsp3) is 1.00. The van der Waals surface area contributed by atoms with Gasteiger partial charge in [-0.25, -0.2) is 0 Å². The molecule has 0 radical (unpaired) electrons. The first kappa shape index (κ1) is 16.0. The van der Waals surface area contributed by atoms with E-state index < -0.39 is 0 Å². The second-order valence-corrected chi connectivity index (χ2v) is 6.47. The van der Waals surface area contributed by atoms with Crippen molar-refractivity contribution in [3.63, 3.8) is 0 Å². The Kier molecular flexibility index (Phi) is 7.25. The Morgan fingerprint density at radius 1 is 1.11 bits per heavy atom. The molecule has 2 unspecified atom stereocenters. The van der Waals surface area contributed by atoms with Gasteiger partial charge in [0.2, 0.25) is 0 Å². The number of hydrogen-bond donors (Lipinski definition) is 1. The third-order valence-corrected chi connectivity index (χ3v) is 4.43. The summed E-state index contributed by atoms with van der Waals surface area (Å²) in [7, 11) is 2.07. The molecular weight excluding hydrogens is 222 g/mol. The van der Waals surface area contributed by atoms with Crippen LogP contribution >= 0.6 is 0 Å². The molecule has 2 atom stereocenters. The van der Waals surface area contributed by atoms with Crippen molar-refractivity contribution in [3.8, 4) is 0 Å². The van der Waals surface area contributed by atoms with E-state index in [9.17, 15) is 0 Å². The lowest BCUT2D eigenvalue weighted by Gasteiger charge is -2.30. The zero-order valence-electron chi connectivity index (χ0n) is 12.9. The highest BCUT2D eigenvalue weighted by atomic mass is 16.5. The number of rotatable bonds is 9. The Labute approximate surface area is 114 Å². The lowest BCUT2D eigenvalue weighted by Crippen LogP contribution is -2.43. The smallest absolute Gasteiger partial charge is 0.0733 e. The van der Waals surface area contributed by atoms with E-state index in [2.05, 4.69) is 33.1 Å². The zero-order chi connectivity index (χ0) is 13.4. The van der Waals surface area contributed by atoms with Gasteiger partial charge in [-0.1, -0.05) is 52.9 Å². The highest BCUT2D eigenvalue weighted by Gasteiger charge is 2.41. The number of ether oxygens (including phenoxy) is 1. The average Bonchev–Trinajstić information content (AvgIpc) is 2.63. The molecule has 1 N–H and O–H groups in total. The molecule has 0 heterocycles. The SMILES string of the molecule is CCCCCCCCOC1CCC(C)(C)C1NC. The van der Waals surface area contributed by atoms with Crippen LogP contribution in [0, 0.1) is 5.41 Å². The third-order valence-electron chi connectivity index (χ3n) is 4.43. The number of hydrogen-bond acceptors (Lipinski definition) is 2. The lowest BCUT2D eigenvalue weighted by molar-refractivity contribution is 0.0268. The molecule has 1 rings (SSSR count). The van der Waals surface area contributed by atoms with Crippen LogP contribution in [0.5, 0.6) is 0 Å². The Morgan fingerprint density at radius 3 is 2.44 bits per heavy atom. The maximum Gasteiger partial charge on any atom is 0.0733 e. The van der Waals surface area contributed by atoms with E-state index in [1.165, 1.54) is 51.4 Å². The van der Waals surface area contributed by atoms with Crippen molar-refractivity contribution in [1.82, 2.24) is 5.32 Å². The van der Waals surface area contributed by atoms with Gasteiger partial charge in [0.1, 0.15) is 0 Å². The molecule has 0 aromatic heterocycles. The lowest BCUT2D eigenvalue weighted by atomic mass is 9.87. The molecule has 0 aromatic carbocycles. The van der Waals surface area contributed by atoms with Crippen LogP contribution < -0.4 is 5.32 Å². The molecule has 0 amide bonds. The Morgan fingerprint density at radius 2 is 1.78 bits per heavy atom. The third kappa shape index (κ3) is 4.89. The van der Waals surface area contributed by atoms with Gasteiger partial charge >= 0.3 is 0 Å². The van der Waals surface area contributed by atoms with Crippen LogP contribution in [0.1, 0.15) is 72.1 Å². The van der Waals surface area contributed by atoms with E-state index in [4.69, 9.17) is 4.74 Å². The van der Waals surface area contributed by atoms with Gasteiger partial charge in [-0.2, -0.15) is 0 Å². The van der Waals surface area contributed by atoms with Gasteiger partial charge in [0.05, 0.1) is 6.10 Å². The Hall–Kier alpha value is -0.0800. The van der Waals surface area contributed by atoms with Gasteiger partial charge in [-0.05, 0) is 31.7 Å². The molecule has 1 saturated carbocycles. The number of likely N-dealkylation sites (N-methyl/N-ethyl adjacent to an activating group) is 1. The van der Waals surface area contributed by atoms with Gasteiger partial charge in [0, 0.05) is 12.6 Å². The van der Waals surface area contributed by atoms with Crippen molar-refractivity contribution in [2.75, 3.05) is 13.7 Å². The van der Waals surface area contributed by atoms with E-state index >= 15 is 0 Å². The summed E-state index contributed by atoms with van der Waals surface area (Å²) in [6, 6.07) is 0.526. The van der Waals surface area contributed by atoms with Gasteiger partial charge in [0.25, 0.3) is 0 Å².